The average Bonchev–Trinajstić information content (AvgIpc) is 3.18. The van der Waals surface area contributed by atoms with Crippen LogP contribution in [0, 0.1) is 0 Å². The van der Waals surface area contributed by atoms with Gasteiger partial charge in [-0.1, -0.05) is 55.5 Å². The van der Waals surface area contributed by atoms with Gasteiger partial charge in [-0.25, -0.2) is 4.79 Å². The van der Waals surface area contributed by atoms with E-state index in [9.17, 15) is 14.4 Å². The largest absolute Gasteiger partial charge is 0.462 e. The highest BCUT2D eigenvalue weighted by Gasteiger charge is 2.28. The maximum absolute atomic E-state index is 12.2. The van der Waals surface area contributed by atoms with E-state index in [4.69, 9.17) is 9.47 Å². The van der Waals surface area contributed by atoms with Crippen LogP contribution in [-0.2, 0) is 19.1 Å². The molecular formula is C27H34N2O5. The Balaban J connectivity index is 1.35. The highest BCUT2D eigenvalue weighted by molar-refractivity contribution is 5.81. The first-order valence-corrected chi connectivity index (χ1v) is 12.0. The number of amides is 2. The molecule has 0 spiro atoms. The van der Waals surface area contributed by atoms with Crippen LogP contribution in [0.15, 0.2) is 48.5 Å². The number of benzene rings is 2. The third kappa shape index (κ3) is 6.83. The minimum atomic E-state index is -0.422. The SMILES string of the molecule is CCC(CCCCNC(=O)OCC1c2ccccc2-c2ccccc21)OC(=O)CCC(=O)NC. The highest BCUT2D eigenvalue weighted by Crippen LogP contribution is 2.44. The second kappa shape index (κ2) is 12.8. The van der Waals surface area contributed by atoms with E-state index < -0.39 is 6.09 Å². The molecule has 2 aromatic carbocycles. The second-order valence-electron chi connectivity index (χ2n) is 8.44. The number of hydrogen-bond acceptors (Lipinski definition) is 5. The van der Waals surface area contributed by atoms with Gasteiger partial charge in [0.15, 0.2) is 0 Å². The molecule has 1 atom stereocenters. The van der Waals surface area contributed by atoms with E-state index in [2.05, 4.69) is 34.9 Å². The minimum Gasteiger partial charge on any atom is -0.462 e. The van der Waals surface area contributed by atoms with E-state index >= 15 is 0 Å². The molecule has 2 N–H and O–H groups in total. The molecule has 1 aliphatic rings. The summed E-state index contributed by atoms with van der Waals surface area (Å²) < 4.78 is 11.0. The fourth-order valence-corrected chi connectivity index (χ4v) is 4.27. The molecule has 0 fully saturated rings. The van der Waals surface area contributed by atoms with E-state index in [0.717, 1.165) is 12.8 Å². The van der Waals surface area contributed by atoms with Crippen LogP contribution in [0.1, 0.15) is 62.5 Å². The van der Waals surface area contributed by atoms with Crippen LogP contribution in [0.25, 0.3) is 11.1 Å². The standard InChI is InChI=1S/C27H34N2O5/c1-3-19(34-26(31)16-15-25(30)28-2)10-8-9-17-29-27(32)33-18-24-22-13-6-4-11-20(22)21-12-5-7-14-23(21)24/h4-7,11-14,19,24H,3,8-10,15-18H2,1-2H3,(H,28,30)(H,29,32). The first-order valence-electron chi connectivity index (χ1n) is 12.0. The average molecular weight is 467 g/mol. The monoisotopic (exact) mass is 466 g/mol. The van der Waals surface area contributed by atoms with E-state index in [1.807, 2.05) is 31.2 Å². The predicted octanol–water partition coefficient (Wildman–Crippen LogP) is 4.54. The molecule has 1 aliphatic carbocycles. The van der Waals surface area contributed by atoms with Gasteiger partial charge in [0.2, 0.25) is 5.91 Å². The molecule has 7 heteroatoms. The summed E-state index contributed by atoms with van der Waals surface area (Å²) in [7, 11) is 1.54. The van der Waals surface area contributed by atoms with Crippen molar-refractivity contribution in [2.24, 2.45) is 0 Å². The van der Waals surface area contributed by atoms with Gasteiger partial charge in [0.25, 0.3) is 0 Å². The van der Waals surface area contributed by atoms with Crippen molar-refractivity contribution in [3.05, 3.63) is 59.7 Å². The molecule has 0 heterocycles. The summed E-state index contributed by atoms with van der Waals surface area (Å²) in [5.74, 6) is -0.488. The Hall–Kier alpha value is -3.35. The third-order valence-corrected chi connectivity index (χ3v) is 6.15. The van der Waals surface area contributed by atoms with E-state index in [-0.39, 0.29) is 36.7 Å². The third-order valence-electron chi connectivity index (χ3n) is 6.15. The highest BCUT2D eigenvalue weighted by atomic mass is 16.5. The van der Waals surface area contributed by atoms with Gasteiger partial charge in [-0.15, -0.1) is 0 Å². The number of hydrogen-bond donors (Lipinski definition) is 2. The van der Waals surface area contributed by atoms with Crippen molar-refractivity contribution in [2.45, 2.75) is 57.5 Å². The molecule has 0 radical (unpaired) electrons. The van der Waals surface area contributed by atoms with Crippen molar-refractivity contribution < 1.29 is 23.9 Å². The fraction of sp³-hybridized carbons (Fsp3) is 0.444. The van der Waals surface area contributed by atoms with Crippen LogP contribution in [0.2, 0.25) is 0 Å². The maximum Gasteiger partial charge on any atom is 0.407 e. The van der Waals surface area contributed by atoms with Crippen molar-refractivity contribution in [1.82, 2.24) is 10.6 Å². The van der Waals surface area contributed by atoms with Crippen molar-refractivity contribution in [3.8, 4) is 11.1 Å². The lowest BCUT2D eigenvalue weighted by Gasteiger charge is -2.16. The Labute approximate surface area is 201 Å². The number of esters is 1. The summed E-state index contributed by atoms with van der Waals surface area (Å²) in [6, 6.07) is 16.5. The number of ether oxygens (including phenoxy) is 2. The number of rotatable bonds is 12. The van der Waals surface area contributed by atoms with Crippen LogP contribution in [0.4, 0.5) is 4.79 Å². The first-order chi connectivity index (χ1) is 16.5. The van der Waals surface area contributed by atoms with E-state index in [0.29, 0.717) is 26.0 Å². The van der Waals surface area contributed by atoms with Gasteiger partial charge in [-0.3, -0.25) is 9.59 Å². The molecule has 34 heavy (non-hydrogen) atoms. The molecule has 0 saturated carbocycles. The molecule has 0 saturated heterocycles. The topological polar surface area (TPSA) is 93.7 Å². The molecule has 0 aliphatic heterocycles. The van der Waals surface area contributed by atoms with Crippen LogP contribution in [0.3, 0.4) is 0 Å². The van der Waals surface area contributed by atoms with E-state index in [1.165, 1.54) is 22.3 Å². The summed E-state index contributed by atoms with van der Waals surface area (Å²) in [6.07, 6.45) is 2.62. The molecule has 1 unspecified atom stereocenters. The lowest BCUT2D eigenvalue weighted by Crippen LogP contribution is -2.27. The van der Waals surface area contributed by atoms with Crippen LogP contribution >= 0.6 is 0 Å². The molecule has 3 rings (SSSR count). The summed E-state index contributed by atoms with van der Waals surface area (Å²) in [4.78, 5) is 35.3. The van der Waals surface area contributed by atoms with Crippen molar-refractivity contribution in [1.29, 1.82) is 0 Å². The summed E-state index contributed by atoms with van der Waals surface area (Å²) in [6.45, 7) is 2.76. The Morgan fingerprint density at radius 2 is 1.59 bits per heavy atom. The van der Waals surface area contributed by atoms with Crippen LogP contribution in [-0.4, -0.2) is 44.3 Å². The lowest BCUT2D eigenvalue weighted by atomic mass is 9.98. The van der Waals surface area contributed by atoms with Gasteiger partial charge >= 0.3 is 12.1 Å². The Morgan fingerprint density at radius 1 is 0.941 bits per heavy atom. The van der Waals surface area contributed by atoms with Crippen LogP contribution < -0.4 is 10.6 Å². The Bertz CT molecular complexity index is 945. The molecule has 2 aromatic rings. The van der Waals surface area contributed by atoms with Crippen molar-refractivity contribution >= 4 is 18.0 Å². The first kappa shape index (κ1) is 25.3. The van der Waals surface area contributed by atoms with Gasteiger partial charge in [-0.05, 0) is 47.9 Å². The second-order valence-corrected chi connectivity index (χ2v) is 8.44. The summed E-state index contributed by atoms with van der Waals surface area (Å²) in [5.41, 5.74) is 4.78. The zero-order valence-electron chi connectivity index (χ0n) is 20.0. The Kier molecular flexibility index (Phi) is 9.50. The lowest BCUT2D eigenvalue weighted by molar-refractivity contribution is -0.150. The number of unbranched alkanes of at least 4 members (excludes halogenated alkanes) is 1. The smallest absolute Gasteiger partial charge is 0.407 e. The zero-order valence-corrected chi connectivity index (χ0v) is 20.0. The zero-order chi connectivity index (χ0) is 24.3. The number of carbonyl (C=O) groups is 3. The molecular weight excluding hydrogens is 432 g/mol. The Morgan fingerprint density at radius 3 is 2.21 bits per heavy atom. The predicted molar refractivity (Wildman–Crippen MR) is 130 cm³/mol. The number of nitrogens with one attached hydrogen (secondary N) is 2. The van der Waals surface area contributed by atoms with Gasteiger partial charge in [-0.2, -0.15) is 0 Å². The normalized spacial score (nSPS) is 12.9. The fourth-order valence-electron chi connectivity index (χ4n) is 4.27. The molecule has 7 nitrogen and oxygen atoms in total. The molecule has 2 amide bonds. The molecule has 0 bridgehead atoms. The van der Waals surface area contributed by atoms with Crippen LogP contribution in [0.5, 0.6) is 0 Å². The maximum atomic E-state index is 12.2. The minimum absolute atomic E-state index is 0.0431. The van der Waals surface area contributed by atoms with Gasteiger partial charge in [0, 0.05) is 25.9 Å². The number of alkyl carbamates (subject to hydrolysis) is 1. The molecule has 0 aromatic heterocycles. The quantitative estimate of drug-likeness (QED) is 0.354. The van der Waals surface area contributed by atoms with Gasteiger partial charge in [0.05, 0.1) is 6.42 Å². The van der Waals surface area contributed by atoms with E-state index in [1.54, 1.807) is 7.05 Å². The van der Waals surface area contributed by atoms with Gasteiger partial charge in [0.1, 0.15) is 12.7 Å². The molecule has 182 valence electrons. The van der Waals surface area contributed by atoms with Gasteiger partial charge < -0.3 is 20.1 Å². The summed E-state index contributed by atoms with van der Waals surface area (Å²) in [5, 5.41) is 5.30. The number of fused-ring (bicyclic) bond motifs is 3. The van der Waals surface area contributed by atoms with Crippen molar-refractivity contribution in [3.63, 3.8) is 0 Å². The summed E-state index contributed by atoms with van der Waals surface area (Å²) >= 11 is 0. The van der Waals surface area contributed by atoms with Crippen molar-refractivity contribution in [2.75, 3.05) is 20.2 Å². The number of carbonyl (C=O) groups excluding carboxylic acids is 3.